The Labute approximate surface area is 167 Å². The summed E-state index contributed by atoms with van der Waals surface area (Å²) < 4.78 is 1.99. The van der Waals surface area contributed by atoms with Gasteiger partial charge in [0.2, 0.25) is 0 Å². The third-order valence-corrected chi connectivity index (χ3v) is 5.86. The van der Waals surface area contributed by atoms with Crippen molar-refractivity contribution < 1.29 is 9.59 Å². The molecule has 0 saturated carbocycles. The standard InChI is InChI=1S/C21H20N4O2S/c1-24-18(15-9-3-2-4-10-15)22-23-21(24)28-14-8-7-13-25-19(26)16-11-5-6-12-17(16)20(25)27/h2-6,9-12H,7-8,13-14H2,1H3. The molecule has 2 amide bonds. The predicted molar refractivity (Wildman–Crippen MR) is 108 cm³/mol. The van der Waals surface area contributed by atoms with Crippen LogP contribution in [-0.2, 0) is 7.05 Å². The predicted octanol–water partition coefficient (Wildman–Crippen LogP) is 3.65. The molecule has 7 heteroatoms. The van der Waals surface area contributed by atoms with E-state index in [0.29, 0.717) is 17.7 Å². The van der Waals surface area contributed by atoms with E-state index in [2.05, 4.69) is 10.2 Å². The molecule has 2 heterocycles. The van der Waals surface area contributed by atoms with Crippen LogP contribution in [0.3, 0.4) is 0 Å². The van der Waals surface area contributed by atoms with E-state index in [1.54, 1.807) is 36.0 Å². The van der Waals surface area contributed by atoms with Crippen LogP contribution < -0.4 is 0 Å². The summed E-state index contributed by atoms with van der Waals surface area (Å²) in [7, 11) is 1.96. The number of benzene rings is 2. The molecule has 1 aromatic heterocycles. The molecule has 142 valence electrons. The Hall–Kier alpha value is -2.93. The molecule has 1 aliphatic heterocycles. The molecule has 1 aliphatic rings. The van der Waals surface area contributed by atoms with Crippen molar-refractivity contribution in [2.24, 2.45) is 7.05 Å². The van der Waals surface area contributed by atoms with Gasteiger partial charge in [0, 0.05) is 24.9 Å². The summed E-state index contributed by atoms with van der Waals surface area (Å²) in [6.07, 6.45) is 1.65. The van der Waals surface area contributed by atoms with Gasteiger partial charge in [-0.25, -0.2) is 0 Å². The quantitative estimate of drug-likeness (QED) is 0.349. The average Bonchev–Trinajstić information content (AvgIpc) is 3.21. The number of carbonyl (C=O) groups is 2. The Kier molecular flexibility index (Phi) is 5.25. The summed E-state index contributed by atoms with van der Waals surface area (Å²) in [6, 6.07) is 17.0. The Morgan fingerprint density at radius 3 is 2.18 bits per heavy atom. The SMILES string of the molecule is Cn1c(SCCCCN2C(=O)c3ccccc3C2=O)nnc1-c1ccccc1. The van der Waals surface area contributed by atoms with E-state index >= 15 is 0 Å². The second kappa shape index (κ2) is 7.98. The van der Waals surface area contributed by atoms with E-state index in [1.807, 2.05) is 41.9 Å². The minimum atomic E-state index is -0.186. The van der Waals surface area contributed by atoms with Crippen molar-refractivity contribution in [3.8, 4) is 11.4 Å². The van der Waals surface area contributed by atoms with E-state index in [1.165, 1.54) is 4.90 Å². The van der Waals surface area contributed by atoms with Gasteiger partial charge in [-0.1, -0.05) is 54.2 Å². The van der Waals surface area contributed by atoms with E-state index in [4.69, 9.17) is 0 Å². The molecule has 4 rings (SSSR count). The van der Waals surface area contributed by atoms with Gasteiger partial charge >= 0.3 is 0 Å². The smallest absolute Gasteiger partial charge is 0.261 e. The van der Waals surface area contributed by atoms with Gasteiger partial charge in [0.15, 0.2) is 11.0 Å². The van der Waals surface area contributed by atoms with Crippen LogP contribution in [0.2, 0.25) is 0 Å². The van der Waals surface area contributed by atoms with Crippen molar-refractivity contribution in [2.45, 2.75) is 18.0 Å². The third kappa shape index (κ3) is 3.45. The summed E-state index contributed by atoms with van der Waals surface area (Å²) in [5.74, 6) is 1.32. The first-order valence-electron chi connectivity index (χ1n) is 9.19. The summed E-state index contributed by atoms with van der Waals surface area (Å²) in [4.78, 5) is 26.1. The van der Waals surface area contributed by atoms with Gasteiger partial charge in [-0.2, -0.15) is 0 Å². The highest BCUT2D eigenvalue weighted by atomic mass is 32.2. The summed E-state index contributed by atoms with van der Waals surface area (Å²) in [5.41, 5.74) is 2.05. The highest BCUT2D eigenvalue weighted by Crippen LogP contribution is 2.25. The first-order chi connectivity index (χ1) is 13.7. The molecule has 0 radical (unpaired) electrons. The maximum atomic E-state index is 12.4. The Morgan fingerprint density at radius 2 is 1.50 bits per heavy atom. The number of carbonyl (C=O) groups excluding carboxylic acids is 2. The van der Waals surface area contributed by atoms with E-state index in [-0.39, 0.29) is 11.8 Å². The number of rotatable bonds is 7. The second-order valence-electron chi connectivity index (χ2n) is 6.59. The second-order valence-corrected chi connectivity index (χ2v) is 7.66. The fourth-order valence-corrected chi connectivity index (χ4v) is 4.17. The lowest BCUT2D eigenvalue weighted by atomic mass is 10.1. The fraction of sp³-hybridized carbons (Fsp3) is 0.238. The number of hydrogen-bond acceptors (Lipinski definition) is 5. The zero-order valence-electron chi connectivity index (χ0n) is 15.5. The molecule has 3 aromatic rings. The maximum absolute atomic E-state index is 12.4. The van der Waals surface area contributed by atoms with Crippen LogP contribution in [0.15, 0.2) is 59.8 Å². The Morgan fingerprint density at radius 1 is 0.857 bits per heavy atom. The van der Waals surface area contributed by atoms with Crippen molar-refractivity contribution in [3.63, 3.8) is 0 Å². The lowest BCUT2D eigenvalue weighted by Crippen LogP contribution is -2.30. The topological polar surface area (TPSA) is 68.1 Å². The number of imide groups is 1. The molecular weight excluding hydrogens is 372 g/mol. The number of amides is 2. The average molecular weight is 392 g/mol. The zero-order valence-corrected chi connectivity index (χ0v) is 16.4. The lowest BCUT2D eigenvalue weighted by molar-refractivity contribution is 0.0652. The number of fused-ring (bicyclic) bond motifs is 1. The number of hydrogen-bond donors (Lipinski definition) is 0. The molecule has 0 N–H and O–H groups in total. The Balaban J connectivity index is 1.28. The summed E-state index contributed by atoms with van der Waals surface area (Å²) in [5, 5.41) is 9.42. The van der Waals surface area contributed by atoms with Crippen molar-refractivity contribution in [1.82, 2.24) is 19.7 Å². The van der Waals surface area contributed by atoms with Crippen molar-refractivity contribution in [3.05, 3.63) is 65.7 Å². The molecule has 0 atom stereocenters. The van der Waals surface area contributed by atoms with E-state index in [9.17, 15) is 9.59 Å². The van der Waals surface area contributed by atoms with Crippen LogP contribution in [-0.4, -0.2) is 43.8 Å². The van der Waals surface area contributed by atoms with E-state index < -0.39 is 0 Å². The molecule has 6 nitrogen and oxygen atoms in total. The van der Waals surface area contributed by atoms with Gasteiger partial charge < -0.3 is 4.57 Å². The van der Waals surface area contributed by atoms with Crippen LogP contribution in [0.25, 0.3) is 11.4 Å². The van der Waals surface area contributed by atoms with Gasteiger partial charge in [-0.3, -0.25) is 14.5 Å². The van der Waals surface area contributed by atoms with Crippen LogP contribution in [0.4, 0.5) is 0 Å². The van der Waals surface area contributed by atoms with Gasteiger partial charge in [0.05, 0.1) is 11.1 Å². The zero-order chi connectivity index (χ0) is 19.5. The fourth-order valence-electron chi connectivity index (χ4n) is 3.26. The lowest BCUT2D eigenvalue weighted by Gasteiger charge is -2.13. The number of nitrogens with zero attached hydrogens (tertiary/aromatic N) is 4. The minimum absolute atomic E-state index is 0.186. The number of aromatic nitrogens is 3. The summed E-state index contributed by atoms with van der Waals surface area (Å²) >= 11 is 1.63. The summed E-state index contributed by atoms with van der Waals surface area (Å²) in [6.45, 7) is 0.445. The molecular formula is C21H20N4O2S. The van der Waals surface area contributed by atoms with Crippen LogP contribution in [0.5, 0.6) is 0 Å². The minimum Gasteiger partial charge on any atom is -0.305 e. The molecule has 0 saturated heterocycles. The normalized spacial score (nSPS) is 13.2. The van der Waals surface area contributed by atoms with Gasteiger partial charge in [0.25, 0.3) is 11.8 Å². The van der Waals surface area contributed by atoms with Crippen LogP contribution >= 0.6 is 11.8 Å². The van der Waals surface area contributed by atoms with Crippen LogP contribution in [0, 0.1) is 0 Å². The number of thioether (sulfide) groups is 1. The van der Waals surface area contributed by atoms with Crippen molar-refractivity contribution in [2.75, 3.05) is 12.3 Å². The molecule has 0 unspecified atom stereocenters. The highest BCUT2D eigenvalue weighted by molar-refractivity contribution is 7.99. The largest absolute Gasteiger partial charge is 0.305 e. The molecule has 2 aromatic carbocycles. The van der Waals surface area contributed by atoms with Gasteiger partial charge in [-0.05, 0) is 25.0 Å². The molecule has 0 aliphatic carbocycles. The van der Waals surface area contributed by atoms with Gasteiger partial charge in [-0.15, -0.1) is 10.2 Å². The van der Waals surface area contributed by atoms with Crippen molar-refractivity contribution >= 4 is 23.6 Å². The molecule has 0 fully saturated rings. The Bertz CT molecular complexity index is 981. The highest BCUT2D eigenvalue weighted by Gasteiger charge is 2.34. The maximum Gasteiger partial charge on any atom is 0.261 e. The molecule has 0 bridgehead atoms. The first-order valence-corrected chi connectivity index (χ1v) is 10.2. The van der Waals surface area contributed by atoms with E-state index in [0.717, 1.165) is 35.1 Å². The molecule has 28 heavy (non-hydrogen) atoms. The van der Waals surface area contributed by atoms with Crippen LogP contribution in [0.1, 0.15) is 33.6 Å². The monoisotopic (exact) mass is 392 g/mol. The number of unbranched alkanes of at least 4 members (excludes halogenated alkanes) is 1. The third-order valence-electron chi connectivity index (χ3n) is 4.75. The molecule has 0 spiro atoms. The van der Waals surface area contributed by atoms with Crippen molar-refractivity contribution in [1.29, 1.82) is 0 Å². The van der Waals surface area contributed by atoms with Gasteiger partial charge in [0.1, 0.15) is 0 Å². The first kappa shape index (κ1) is 18.4.